The molecule has 0 saturated carbocycles. The summed E-state index contributed by atoms with van der Waals surface area (Å²) in [5.74, 6) is 0.790. The minimum atomic E-state index is -4.34. The lowest BCUT2D eigenvalue weighted by Crippen LogP contribution is -2.47. The summed E-state index contributed by atoms with van der Waals surface area (Å²) in [6.07, 6.45) is 0.800. The molecule has 8 heteroatoms. The maximum atomic E-state index is 12.9. The van der Waals surface area contributed by atoms with Crippen LogP contribution in [0.4, 0.5) is 19.0 Å². The first kappa shape index (κ1) is 22.8. The maximum Gasteiger partial charge on any atom is 0.416 e. The summed E-state index contributed by atoms with van der Waals surface area (Å²) in [5, 5.41) is 0. The van der Waals surface area contributed by atoms with E-state index in [0.717, 1.165) is 67.4 Å². The number of piperazine rings is 1. The number of anilines is 1. The minimum absolute atomic E-state index is 0.222. The molecular weight excluding hydrogens is 403 g/mol. The SMILES string of the molecule is CC(C)N=C/C(=C\N)CN1CCN(c2ncccc2-c2ccc(C(F)(F)F)cc2)CC1. The molecule has 0 spiro atoms. The number of nitrogens with two attached hydrogens (primary N) is 1. The van der Waals surface area contributed by atoms with Gasteiger partial charge in [0.2, 0.25) is 0 Å². The molecule has 31 heavy (non-hydrogen) atoms. The standard InChI is InChI=1S/C23H28F3N5/c1-17(2)29-15-18(14-27)16-30-10-12-31(13-11-30)22-21(4-3-9-28-22)19-5-7-20(8-6-19)23(24,25)26/h3-9,14-15,17H,10-13,16,27H2,1-2H3/b18-14+,29-15?. The Bertz CT molecular complexity index is 912. The van der Waals surface area contributed by atoms with Crippen LogP contribution in [0.3, 0.4) is 0 Å². The highest BCUT2D eigenvalue weighted by Crippen LogP contribution is 2.33. The highest BCUT2D eigenvalue weighted by atomic mass is 19.4. The number of aromatic nitrogens is 1. The van der Waals surface area contributed by atoms with Gasteiger partial charge in [0.25, 0.3) is 0 Å². The van der Waals surface area contributed by atoms with Gasteiger partial charge in [0, 0.05) is 56.7 Å². The van der Waals surface area contributed by atoms with Gasteiger partial charge in [0.15, 0.2) is 0 Å². The summed E-state index contributed by atoms with van der Waals surface area (Å²) >= 11 is 0. The Morgan fingerprint density at radius 3 is 2.39 bits per heavy atom. The average Bonchev–Trinajstić information content (AvgIpc) is 2.76. The summed E-state index contributed by atoms with van der Waals surface area (Å²) < 4.78 is 38.7. The van der Waals surface area contributed by atoms with E-state index in [2.05, 4.69) is 19.8 Å². The molecule has 2 heterocycles. The second kappa shape index (κ2) is 9.96. The molecule has 166 valence electrons. The van der Waals surface area contributed by atoms with Crippen molar-refractivity contribution in [2.24, 2.45) is 10.7 Å². The first-order chi connectivity index (χ1) is 14.8. The van der Waals surface area contributed by atoms with Gasteiger partial charge >= 0.3 is 6.18 Å². The van der Waals surface area contributed by atoms with Crippen molar-refractivity contribution < 1.29 is 13.2 Å². The predicted molar refractivity (Wildman–Crippen MR) is 119 cm³/mol. The van der Waals surface area contributed by atoms with E-state index in [1.807, 2.05) is 26.1 Å². The van der Waals surface area contributed by atoms with Crippen LogP contribution in [-0.4, -0.2) is 54.9 Å². The third kappa shape index (κ3) is 6.07. The van der Waals surface area contributed by atoms with E-state index < -0.39 is 11.7 Å². The molecule has 1 saturated heterocycles. The van der Waals surface area contributed by atoms with Crippen molar-refractivity contribution in [2.75, 3.05) is 37.6 Å². The molecule has 0 amide bonds. The highest BCUT2D eigenvalue weighted by Gasteiger charge is 2.30. The van der Waals surface area contributed by atoms with Crippen LogP contribution in [0.25, 0.3) is 11.1 Å². The van der Waals surface area contributed by atoms with Crippen molar-refractivity contribution in [2.45, 2.75) is 26.1 Å². The first-order valence-electron chi connectivity index (χ1n) is 10.3. The number of benzene rings is 1. The number of hydrogen-bond donors (Lipinski definition) is 1. The zero-order valence-corrected chi connectivity index (χ0v) is 17.8. The van der Waals surface area contributed by atoms with Gasteiger partial charge in [-0.05, 0) is 55.4 Å². The molecule has 0 radical (unpaired) electrons. The van der Waals surface area contributed by atoms with E-state index in [1.165, 1.54) is 12.1 Å². The fraction of sp³-hybridized carbons (Fsp3) is 0.391. The van der Waals surface area contributed by atoms with Gasteiger partial charge in [-0.25, -0.2) is 4.98 Å². The second-order valence-electron chi connectivity index (χ2n) is 7.83. The van der Waals surface area contributed by atoms with Crippen molar-refractivity contribution >= 4 is 12.0 Å². The number of alkyl halides is 3. The van der Waals surface area contributed by atoms with Gasteiger partial charge in [0.05, 0.1) is 5.56 Å². The fourth-order valence-corrected chi connectivity index (χ4v) is 3.47. The Balaban J connectivity index is 1.69. The number of nitrogens with zero attached hydrogens (tertiary/aromatic N) is 4. The summed E-state index contributed by atoms with van der Waals surface area (Å²) in [7, 11) is 0. The number of rotatable bonds is 6. The Kier molecular flexibility index (Phi) is 7.33. The molecular formula is C23H28F3N5. The lowest BCUT2D eigenvalue weighted by atomic mass is 10.0. The maximum absolute atomic E-state index is 12.9. The van der Waals surface area contributed by atoms with E-state index in [-0.39, 0.29) is 6.04 Å². The fourth-order valence-electron chi connectivity index (χ4n) is 3.47. The Morgan fingerprint density at radius 1 is 1.13 bits per heavy atom. The quantitative estimate of drug-likeness (QED) is 0.696. The lowest BCUT2D eigenvalue weighted by molar-refractivity contribution is -0.137. The Labute approximate surface area is 181 Å². The van der Waals surface area contributed by atoms with E-state index >= 15 is 0 Å². The van der Waals surface area contributed by atoms with Crippen LogP contribution >= 0.6 is 0 Å². The third-order valence-corrected chi connectivity index (χ3v) is 5.14. The molecule has 0 unspecified atom stereocenters. The van der Waals surface area contributed by atoms with Crippen LogP contribution in [0.15, 0.2) is 59.4 Å². The van der Waals surface area contributed by atoms with Crippen molar-refractivity contribution in [3.05, 3.63) is 59.9 Å². The summed E-state index contributed by atoms with van der Waals surface area (Å²) in [6.45, 7) is 7.96. The van der Waals surface area contributed by atoms with Gasteiger partial charge in [0.1, 0.15) is 5.82 Å². The van der Waals surface area contributed by atoms with Crippen molar-refractivity contribution in [1.82, 2.24) is 9.88 Å². The number of aliphatic imine (C=N–C) groups is 1. The van der Waals surface area contributed by atoms with Gasteiger partial charge in [-0.1, -0.05) is 12.1 Å². The largest absolute Gasteiger partial charge is 0.416 e. The molecule has 1 aliphatic rings. The van der Waals surface area contributed by atoms with E-state index in [0.29, 0.717) is 0 Å². The molecule has 3 rings (SSSR count). The van der Waals surface area contributed by atoms with Crippen LogP contribution < -0.4 is 10.6 Å². The molecule has 2 N–H and O–H groups in total. The number of halogens is 3. The molecule has 1 aromatic heterocycles. The minimum Gasteiger partial charge on any atom is -0.404 e. The van der Waals surface area contributed by atoms with Gasteiger partial charge in [-0.15, -0.1) is 0 Å². The molecule has 1 fully saturated rings. The summed E-state index contributed by atoms with van der Waals surface area (Å²) in [4.78, 5) is 13.4. The topological polar surface area (TPSA) is 57.8 Å². The average molecular weight is 432 g/mol. The monoisotopic (exact) mass is 431 g/mol. The zero-order valence-electron chi connectivity index (χ0n) is 17.8. The van der Waals surface area contributed by atoms with Crippen LogP contribution in [0.5, 0.6) is 0 Å². The molecule has 0 atom stereocenters. The van der Waals surface area contributed by atoms with Crippen LogP contribution in [-0.2, 0) is 6.18 Å². The smallest absolute Gasteiger partial charge is 0.404 e. The molecule has 2 aromatic rings. The second-order valence-corrected chi connectivity index (χ2v) is 7.83. The van der Waals surface area contributed by atoms with Crippen molar-refractivity contribution in [1.29, 1.82) is 0 Å². The Morgan fingerprint density at radius 2 is 1.81 bits per heavy atom. The predicted octanol–water partition coefficient (Wildman–Crippen LogP) is 4.21. The summed E-state index contributed by atoms with van der Waals surface area (Å²) in [6, 6.07) is 9.17. The zero-order chi connectivity index (χ0) is 22.4. The van der Waals surface area contributed by atoms with Gasteiger partial charge < -0.3 is 10.6 Å². The van der Waals surface area contributed by atoms with Crippen molar-refractivity contribution in [3.63, 3.8) is 0 Å². The molecule has 1 aromatic carbocycles. The van der Waals surface area contributed by atoms with Crippen molar-refractivity contribution in [3.8, 4) is 11.1 Å². The molecule has 0 aliphatic carbocycles. The van der Waals surface area contributed by atoms with Gasteiger partial charge in [-0.3, -0.25) is 9.89 Å². The van der Waals surface area contributed by atoms with Crippen LogP contribution in [0, 0.1) is 0 Å². The molecule has 1 aliphatic heterocycles. The molecule has 0 bridgehead atoms. The third-order valence-electron chi connectivity index (χ3n) is 5.14. The normalized spacial score (nSPS) is 16.5. The number of hydrogen-bond acceptors (Lipinski definition) is 5. The highest BCUT2D eigenvalue weighted by molar-refractivity contribution is 5.79. The van der Waals surface area contributed by atoms with Gasteiger partial charge in [-0.2, -0.15) is 13.2 Å². The van der Waals surface area contributed by atoms with Crippen LogP contribution in [0.1, 0.15) is 19.4 Å². The lowest BCUT2D eigenvalue weighted by Gasteiger charge is -2.36. The number of pyridine rings is 1. The summed E-state index contributed by atoms with van der Waals surface area (Å²) in [5.41, 5.74) is 7.62. The Hall–Kier alpha value is -2.87. The van der Waals surface area contributed by atoms with E-state index in [9.17, 15) is 13.2 Å². The first-order valence-corrected chi connectivity index (χ1v) is 10.3. The van der Waals surface area contributed by atoms with Crippen LogP contribution in [0.2, 0.25) is 0 Å². The van der Waals surface area contributed by atoms with E-state index in [1.54, 1.807) is 18.5 Å². The van der Waals surface area contributed by atoms with E-state index in [4.69, 9.17) is 5.73 Å². The molecule has 5 nitrogen and oxygen atoms in total.